The Bertz CT molecular complexity index is 3370. The van der Waals surface area contributed by atoms with Crippen LogP contribution in [-0.4, -0.2) is 24.1 Å². The molecule has 0 saturated heterocycles. The summed E-state index contributed by atoms with van der Waals surface area (Å²) >= 11 is 0. The van der Waals surface area contributed by atoms with Crippen LogP contribution in [-0.2, 0) is 6.42 Å². The fourth-order valence-corrected chi connectivity index (χ4v) is 9.07. The van der Waals surface area contributed by atoms with Gasteiger partial charge in [0.1, 0.15) is 0 Å². The Hall–Kier alpha value is -7.63. The van der Waals surface area contributed by atoms with Crippen LogP contribution in [0.5, 0.6) is 0 Å². The Balaban J connectivity index is 1.06. The van der Waals surface area contributed by atoms with E-state index in [1.807, 2.05) is 60.7 Å². The second-order valence-corrected chi connectivity index (χ2v) is 15.2. The van der Waals surface area contributed by atoms with Gasteiger partial charge in [-0.2, -0.15) is 0 Å². The molecule has 0 N–H and O–H groups in total. The number of rotatable bonds is 5. The molecule has 5 heteroatoms. The van der Waals surface area contributed by atoms with Crippen molar-refractivity contribution in [3.63, 3.8) is 0 Å². The molecule has 0 amide bonds. The molecule has 3 heterocycles. The first kappa shape index (κ1) is 32.6. The smallest absolute Gasteiger partial charge is 0.164 e. The molecule has 3 aromatic heterocycles. The largest absolute Gasteiger partial charge is 0.309 e. The second-order valence-electron chi connectivity index (χ2n) is 15.2. The summed E-state index contributed by atoms with van der Waals surface area (Å²) in [4.78, 5) is 14.9. The van der Waals surface area contributed by atoms with E-state index in [2.05, 4.69) is 137 Å². The van der Waals surface area contributed by atoms with Gasteiger partial charge in [-0.3, -0.25) is 0 Å². The number of hydrogen-bond acceptors (Lipinski definition) is 3. The van der Waals surface area contributed by atoms with Gasteiger partial charge in [0, 0.05) is 49.6 Å². The summed E-state index contributed by atoms with van der Waals surface area (Å²) < 4.78 is 4.89. The van der Waals surface area contributed by atoms with Gasteiger partial charge in [0.05, 0.1) is 22.1 Å². The van der Waals surface area contributed by atoms with Crippen LogP contribution in [0.4, 0.5) is 0 Å². The lowest BCUT2D eigenvalue weighted by molar-refractivity contribution is 0.989. The molecule has 0 bridgehead atoms. The van der Waals surface area contributed by atoms with E-state index in [1.165, 1.54) is 54.7 Å². The Morgan fingerprint density at radius 3 is 1.76 bits per heavy atom. The molecule has 1 aliphatic rings. The molecule has 0 aliphatic heterocycles. The molecule has 0 spiro atoms. The topological polar surface area (TPSA) is 48.5 Å². The zero-order chi connectivity index (χ0) is 38.2. The molecule has 0 fully saturated rings. The second kappa shape index (κ2) is 13.0. The van der Waals surface area contributed by atoms with Gasteiger partial charge in [-0.1, -0.05) is 133 Å². The van der Waals surface area contributed by atoms with Gasteiger partial charge in [-0.05, 0) is 89.3 Å². The molecule has 0 saturated carbocycles. The van der Waals surface area contributed by atoms with E-state index in [1.54, 1.807) is 0 Å². The minimum Gasteiger partial charge on any atom is -0.309 e. The number of benzene rings is 8. The standard InChI is InChI=1S/C53H35N5/c1-4-15-35(16-5-1)51-54-52(36-17-6-2-7-18-36)56-53(55-51)39-25-24-38-31-41(28-26-37(38)30-39)58-47-29-27-34-14-10-11-21-42(34)50(47)45-33-48-44(32-49(45)58)43-22-12-13-23-46(43)57(48)40-19-8-3-9-20-40/h1-9,11-13,15-33H,10,14H2. The fourth-order valence-electron chi connectivity index (χ4n) is 9.07. The molecule has 0 atom stereocenters. The lowest BCUT2D eigenvalue weighted by atomic mass is 9.93. The van der Waals surface area contributed by atoms with Crippen LogP contribution in [0.2, 0.25) is 0 Å². The Morgan fingerprint density at radius 2 is 1.00 bits per heavy atom. The van der Waals surface area contributed by atoms with E-state index < -0.39 is 0 Å². The summed E-state index contributed by atoms with van der Waals surface area (Å²) in [5, 5.41) is 7.34. The Kier molecular flexibility index (Phi) is 7.29. The predicted molar refractivity (Wildman–Crippen MR) is 240 cm³/mol. The van der Waals surface area contributed by atoms with Crippen molar-refractivity contribution in [2.24, 2.45) is 0 Å². The number of para-hydroxylation sites is 2. The summed E-state index contributed by atoms with van der Waals surface area (Å²) in [7, 11) is 0. The Morgan fingerprint density at radius 1 is 0.397 bits per heavy atom. The summed E-state index contributed by atoms with van der Waals surface area (Å²) in [5.41, 5.74) is 12.7. The summed E-state index contributed by atoms with van der Waals surface area (Å²) in [6, 6.07) is 62.7. The van der Waals surface area contributed by atoms with E-state index in [0.717, 1.165) is 51.7 Å². The highest BCUT2D eigenvalue weighted by Crippen LogP contribution is 2.43. The molecule has 0 unspecified atom stereocenters. The zero-order valence-corrected chi connectivity index (χ0v) is 31.5. The third-order valence-corrected chi connectivity index (χ3v) is 11.8. The molecule has 0 radical (unpaired) electrons. The molecular weight excluding hydrogens is 707 g/mol. The molecule has 1 aliphatic carbocycles. The third kappa shape index (κ3) is 5.14. The molecular formula is C53H35N5. The van der Waals surface area contributed by atoms with Crippen molar-refractivity contribution in [3.05, 3.63) is 193 Å². The van der Waals surface area contributed by atoms with Crippen LogP contribution < -0.4 is 0 Å². The molecule has 272 valence electrons. The first-order chi connectivity index (χ1) is 28.7. The van der Waals surface area contributed by atoms with Gasteiger partial charge in [0.2, 0.25) is 0 Å². The average molecular weight is 742 g/mol. The minimum absolute atomic E-state index is 0.651. The van der Waals surface area contributed by atoms with Crippen molar-refractivity contribution < 1.29 is 0 Å². The van der Waals surface area contributed by atoms with Gasteiger partial charge >= 0.3 is 0 Å². The van der Waals surface area contributed by atoms with Crippen LogP contribution in [0.1, 0.15) is 17.5 Å². The van der Waals surface area contributed by atoms with Gasteiger partial charge < -0.3 is 9.13 Å². The molecule has 11 aromatic rings. The van der Waals surface area contributed by atoms with Crippen molar-refractivity contribution in [1.29, 1.82) is 0 Å². The maximum atomic E-state index is 5.00. The van der Waals surface area contributed by atoms with Crippen molar-refractivity contribution in [2.75, 3.05) is 0 Å². The summed E-state index contributed by atoms with van der Waals surface area (Å²) in [6.07, 6.45) is 6.80. The van der Waals surface area contributed by atoms with Gasteiger partial charge in [0.25, 0.3) is 0 Å². The van der Waals surface area contributed by atoms with Crippen LogP contribution in [0.25, 0.3) is 106 Å². The van der Waals surface area contributed by atoms with Crippen LogP contribution in [0, 0.1) is 0 Å². The van der Waals surface area contributed by atoms with Crippen molar-refractivity contribution in [1.82, 2.24) is 24.1 Å². The zero-order valence-electron chi connectivity index (χ0n) is 31.5. The third-order valence-electron chi connectivity index (χ3n) is 11.8. The molecule has 5 nitrogen and oxygen atoms in total. The summed E-state index contributed by atoms with van der Waals surface area (Å²) in [5.74, 6) is 1.96. The lowest BCUT2D eigenvalue weighted by Gasteiger charge is -2.13. The Labute approximate surface area is 334 Å². The quantitative estimate of drug-likeness (QED) is 0.176. The van der Waals surface area contributed by atoms with Gasteiger partial charge in [-0.25, -0.2) is 15.0 Å². The number of nitrogens with zero attached hydrogens (tertiary/aromatic N) is 5. The lowest BCUT2D eigenvalue weighted by Crippen LogP contribution is -2.00. The van der Waals surface area contributed by atoms with E-state index in [9.17, 15) is 0 Å². The van der Waals surface area contributed by atoms with E-state index in [4.69, 9.17) is 15.0 Å². The van der Waals surface area contributed by atoms with E-state index >= 15 is 0 Å². The number of aromatic nitrogens is 5. The number of aryl methyl sites for hydroxylation is 1. The van der Waals surface area contributed by atoms with E-state index in [0.29, 0.717) is 17.5 Å². The number of allylic oxidation sites excluding steroid dienone is 1. The molecule has 58 heavy (non-hydrogen) atoms. The highest BCUT2D eigenvalue weighted by atomic mass is 15.0. The maximum absolute atomic E-state index is 5.00. The highest BCUT2D eigenvalue weighted by molar-refractivity contribution is 6.20. The fraction of sp³-hybridized carbons (Fsp3) is 0.0377. The van der Waals surface area contributed by atoms with Crippen LogP contribution in [0.15, 0.2) is 182 Å². The average Bonchev–Trinajstić information content (AvgIpc) is 3.80. The van der Waals surface area contributed by atoms with Crippen molar-refractivity contribution >= 4 is 60.5 Å². The highest BCUT2D eigenvalue weighted by Gasteiger charge is 2.22. The van der Waals surface area contributed by atoms with Crippen molar-refractivity contribution in [2.45, 2.75) is 12.8 Å². The monoisotopic (exact) mass is 741 g/mol. The number of fused-ring (bicyclic) bond motifs is 9. The van der Waals surface area contributed by atoms with Crippen LogP contribution >= 0.6 is 0 Å². The van der Waals surface area contributed by atoms with Gasteiger partial charge in [0.15, 0.2) is 17.5 Å². The predicted octanol–water partition coefficient (Wildman–Crippen LogP) is 13.2. The van der Waals surface area contributed by atoms with Gasteiger partial charge in [-0.15, -0.1) is 0 Å². The summed E-state index contributed by atoms with van der Waals surface area (Å²) in [6.45, 7) is 0. The van der Waals surface area contributed by atoms with Crippen LogP contribution in [0.3, 0.4) is 0 Å². The minimum atomic E-state index is 0.651. The SMILES string of the molecule is C1=Cc2c(ccc3c2c2cc4c(cc2n3-c2ccc3cc(-c5nc(-c6ccccc6)nc(-c6ccccc6)n5)ccc3c2)c2ccccc2n4-c2ccccc2)CC1. The maximum Gasteiger partial charge on any atom is 0.164 e. The normalized spacial score (nSPS) is 12.6. The van der Waals surface area contributed by atoms with Crippen molar-refractivity contribution in [3.8, 4) is 45.5 Å². The number of hydrogen-bond donors (Lipinski definition) is 0. The first-order valence-electron chi connectivity index (χ1n) is 19.9. The molecule has 8 aromatic carbocycles. The van der Waals surface area contributed by atoms with E-state index in [-0.39, 0.29) is 0 Å². The first-order valence-corrected chi connectivity index (χ1v) is 19.9. The molecule has 12 rings (SSSR count).